The third kappa shape index (κ3) is 14.3. The number of rotatable bonds is 10. The zero-order valence-corrected chi connectivity index (χ0v) is 11.4. The zero-order chi connectivity index (χ0) is 11.4. The predicted octanol–water partition coefficient (Wildman–Crippen LogP) is 6.23. The van der Waals surface area contributed by atoms with E-state index in [9.17, 15) is 0 Å². The Hall–Kier alpha value is 0.320. The maximum absolute atomic E-state index is 5.52. The summed E-state index contributed by atoms with van der Waals surface area (Å²) in [6, 6.07) is 0. The predicted molar refractivity (Wildman–Crippen MR) is 71.6 cm³/mol. The topological polar surface area (TPSA) is 0 Å². The molecule has 2 heteroatoms. The van der Waals surface area contributed by atoms with E-state index < -0.39 is 0 Å². The summed E-state index contributed by atoms with van der Waals surface area (Å²) in [6.45, 7) is 2.26. The molecule has 0 rings (SSSR count). The van der Waals surface area contributed by atoms with E-state index >= 15 is 0 Å². The van der Waals surface area contributed by atoms with Gasteiger partial charge in [0.15, 0.2) is 0 Å². The summed E-state index contributed by atoms with van der Waals surface area (Å²) >= 11 is 11.0. The van der Waals surface area contributed by atoms with Gasteiger partial charge in [-0.1, -0.05) is 87.6 Å². The molecule has 0 fully saturated rings. The van der Waals surface area contributed by atoms with Crippen molar-refractivity contribution in [1.82, 2.24) is 0 Å². The molecule has 0 amide bonds. The average molecular weight is 251 g/mol. The Kier molecular flexibility index (Phi) is 12.7. The van der Waals surface area contributed by atoms with Crippen LogP contribution < -0.4 is 0 Å². The summed E-state index contributed by atoms with van der Waals surface area (Å²) < 4.78 is 0.412. The molecular formula is C13H24Cl2. The van der Waals surface area contributed by atoms with Crippen molar-refractivity contribution in [3.8, 4) is 0 Å². The SMILES string of the molecule is CCCCCCCCCCCC=C(Cl)Cl. The molecule has 0 heterocycles. The highest BCUT2D eigenvalue weighted by Crippen LogP contribution is 2.13. The Morgan fingerprint density at radius 1 is 0.800 bits per heavy atom. The van der Waals surface area contributed by atoms with Crippen molar-refractivity contribution in [3.63, 3.8) is 0 Å². The Morgan fingerprint density at radius 2 is 1.27 bits per heavy atom. The Labute approximate surface area is 105 Å². The summed E-state index contributed by atoms with van der Waals surface area (Å²) in [5, 5.41) is 0. The monoisotopic (exact) mass is 250 g/mol. The van der Waals surface area contributed by atoms with Crippen LogP contribution in [0.3, 0.4) is 0 Å². The highest BCUT2D eigenvalue weighted by Gasteiger charge is 1.91. The Bertz CT molecular complexity index is 149. The van der Waals surface area contributed by atoms with Crippen LogP contribution in [0.4, 0.5) is 0 Å². The second kappa shape index (κ2) is 12.4. The quantitative estimate of drug-likeness (QED) is 0.404. The number of unbranched alkanes of at least 4 members (excludes halogenated alkanes) is 9. The van der Waals surface area contributed by atoms with Crippen LogP contribution in [0.1, 0.15) is 71.1 Å². The number of hydrogen-bond acceptors (Lipinski definition) is 0. The molecule has 15 heavy (non-hydrogen) atoms. The Morgan fingerprint density at radius 3 is 1.73 bits per heavy atom. The van der Waals surface area contributed by atoms with E-state index in [1.807, 2.05) is 6.08 Å². The van der Waals surface area contributed by atoms with Gasteiger partial charge in [-0.3, -0.25) is 0 Å². The van der Waals surface area contributed by atoms with E-state index in [4.69, 9.17) is 23.2 Å². The third-order valence-electron chi connectivity index (χ3n) is 2.61. The fourth-order valence-electron chi connectivity index (χ4n) is 1.67. The van der Waals surface area contributed by atoms with E-state index in [1.165, 1.54) is 57.8 Å². The van der Waals surface area contributed by atoms with E-state index in [1.54, 1.807) is 0 Å². The van der Waals surface area contributed by atoms with Crippen molar-refractivity contribution in [2.75, 3.05) is 0 Å². The van der Waals surface area contributed by atoms with E-state index in [-0.39, 0.29) is 0 Å². The van der Waals surface area contributed by atoms with Crippen molar-refractivity contribution in [1.29, 1.82) is 0 Å². The standard InChI is InChI=1S/C13H24Cl2/c1-2-3-4-5-6-7-8-9-10-11-12-13(14)15/h12H,2-11H2,1H3. The van der Waals surface area contributed by atoms with Crippen molar-refractivity contribution in [2.24, 2.45) is 0 Å². The number of halogens is 2. The van der Waals surface area contributed by atoms with Crippen LogP contribution in [0.2, 0.25) is 0 Å². The molecular weight excluding hydrogens is 227 g/mol. The molecule has 0 N–H and O–H groups in total. The van der Waals surface area contributed by atoms with Gasteiger partial charge in [-0.25, -0.2) is 0 Å². The first-order valence-electron chi connectivity index (χ1n) is 6.28. The second-order valence-corrected chi connectivity index (χ2v) is 5.12. The maximum atomic E-state index is 5.52. The van der Waals surface area contributed by atoms with E-state index in [2.05, 4.69) is 6.92 Å². The molecule has 0 nitrogen and oxygen atoms in total. The van der Waals surface area contributed by atoms with Gasteiger partial charge in [-0.2, -0.15) is 0 Å². The van der Waals surface area contributed by atoms with Crippen molar-refractivity contribution < 1.29 is 0 Å². The fraction of sp³-hybridized carbons (Fsp3) is 0.846. The molecule has 0 radical (unpaired) electrons. The molecule has 0 saturated carbocycles. The first kappa shape index (κ1) is 15.3. The zero-order valence-electron chi connectivity index (χ0n) is 9.90. The molecule has 0 aliphatic carbocycles. The summed E-state index contributed by atoms with van der Waals surface area (Å²) in [4.78, 5) is 0. The molecule has 0 aliphatic rings. The van der Waals surface area contributed by atoms with Gasteiger partial charge in [0.1, 0.15) is 4.49 Å². The smallest absolute Gasteiger partial charge is 0.0713 e. The normalized spacial score (nSPS) is 10.3. The molecule has 0 spiro atoms. The fourth-order valence-corrected chi connectivity index (χ4v) is 1.88. The lowest BCUT2D eigenvalue weighted by atomic mass is 10.1. The lowest BCUT2D eigenvalue weighted by Crippen LogP contribution is -1.80. The Balaban J connectivity index is 2.96. The molecule has 0 unspecified atom stereocenters. The van der Waals surface area contributed by atoms with Gasteiger partial charge in [0.05, 0.1) is 0 Å². The average Bonchev–Trinajstić information content (AvgIpc) is 2.20. The summed E-state index contributed by atoms with van der Waals surface area (Å²) in [5.41, 5.74) is 0. The van der Waals surface area contributed by atoms with Crippen molar-refractivity contribution in [2.45, 2.75) is 71.1 Å². The molecule has 0 aliphatic heterocycles. The van der Waals surface area contributed by atoms with Crippen LogP contribution in [-0.2, 0) is 0 Å². The molecule has 0 aromatic rings. The lowest BCUT2D eigenvalue weighted by molar-refractivity contribution is 0.566. The van der Waals surface area contributed by atoms with Crippen LogP contribution in [0.15, 0.2) is 10.6 Å². The van der Waals surface area contributed by atoms with Crippen LogP contribution in [-0.4, -0.2) is 0 Å². The first-order chi connectivity index (χ1) is 7.27. The summed E-state index contributed by atoms with van der Waals surface area (Å²) in [6.07, 6.45) is 15.2. The van der Waals surface area contributed by atoms with Gasteiger partial charge in [0, 0.05) is 0 Å². The number of allylic oxidation sites excluding steroid dienone is 1. The van der Waals surface area contributed by atoms with E-state index in [0.29, 0.717) is 4.49 Å². The highest BCUT2D eigenvalue weighted by molar-refractivity contribution is 6.55. The molecule has 0 aromatic heterocycles. The molecule has 0 saturated heterocycles. The van der Waals surface area contributed by atoms with Gasteiger partial charge in [-0.05, 0) is 12.8 Å². The van der Waals surface area contributed by atoms with E-state index in [0.717, 1.165) is 6.42 Å². The summed E-state index contributed by atoms with van der Waals surface area (Å²) in [7, 11) is 0. The van der Waals surface area contributed by atoms with Crippen LogP contribution in [0.25, 0.3) is 0 Å². The molecule has 90 valence electrons. The van der Waals surface area contributed by atoms with Crippen molar-refractivity contribution >= 4 is 23.2 Å². The van der Waals surface area contributed by atoms with Crippen LogP contribution in [0, 0.1) is 0 Å². The largest absolute Gasteiger partial charge is 0.102 e. The number of hydrogen-bond donors (Lipinski definition) is 0. The molecule has 0 bridgehead atoms. The maximum Gasteiger partial charge on any atom is 0.102 e. The van der Waals surface area contributed by atoms with Crippen LogP contribution in [0.5, 0.6) is 0 Å². The minimum atomic E-state index is 0.412. The van der Waals surface area contributed by atoms with Gasteiger partial charge in [-0.15, -0.1) is 0 Å². The molecule has 0 aromatic carbocycles. The van der Waals surface area contributed by atoms with Gasteiger partial charge in [0.25, 0.3) is 0 Å². The molecule has 0 atom stereocenters. The third-order valence-corrected chi connectivity index (χ3v) is 2.91. The van der Waals surface area contributed by atoms with Crippen LogP contribution >= 0.6 is 23.2 Å². The summed E-state index contributed by atoms with van der Waals surface area (Å²) in [5.74, 6) is 0. The van der Waals surface area contributed by atoms with Gasteiger partial charge in [0.2, 0.25) is 0 Å². The van der Waals surface area contributed by atoms with Crippen molar-refractivity contribution in [3.05, 3.63) is 10.6 Å². The lowest BCUT2D eigenvalue weighted by Gasteiger charge is -2.00. The minimum Gasteiger partial charge on any atom is -0.0713 e. The second-order valence-electron chi connectivity index (χ2n) is 4.11. The first-order valence-corrected chi connectivity index (χ1v) is 7.04. The van der Waals surface area contributed by atoms with Gasteiger partial charge >= 0.3 is 0 Å². The minimum absolute atomic E-state index is 0.412. The van der Waals surface area contributed by atoms with Gasteiger partial charge < -0.3 is 0 Å². The highest BCUT2D eigenvalue weighted by atomic mass is 35.5.